The Morgan fingerprint density at radius 2 is 0.947 bits per heavy atom. The summed E-state index contributed by atoms with van der Waals surface area (Å²) in [5.74, 6) is -32.5. The standard InChI is InChI=1S/C8HF11/c9-3-6(14,15)4(10,11)1-2-5(12,13)8(18,19)7(3,16)17/h3H. The highest BCUT2D eigenvalue weighted by Crippen LogP contribution is 2.54. The summed E-state index contributed by atoms with van der Waals surface area (Å²) in [6.07, 6.45) is -5.55. The Balaban J connectivity index is 3.66. The van der Waals surface area contributed by atoms with Crippen LogP contribution in [0.3, 0.4) is 0 Å². The minimum Gasteiger partial charge on any atom is -0.233 e. The quantitative estimate of drug-likeness (QED) is 0.474. The van der Waals surface area contributed by atoms with Crippen LogP contribution in [0.25, 0.3) is 0 Å². The van der Waals surface area contributed by atoms with Gasteiger partial charge in [-0.2, -0.15) is 43.9 Å². The van der Waals surface area contributed by atoms with Crippen LogP contribution in [0, 0.1) is 11.8 Å². The van der Waals surface area contributed by atoms with Crippen LogP contribution in [0.4, 0.5) is 48.3 Å². The molecule has 0 saturated heterocycles. The largest absolute Gasteiger partial charge is 0.386 e. The van der Waals surface area contributed by atoms with Gasteiger partial charge in [0.05, 0.1) is 0 Å². The maximum absolute atomic E-state index is 12.7. The summed E-state index contributed by atoms with van der Waals surface area (Å²) in [6, 6.07) is 0. The SMILES string of the molecule is FC1C(F)(F)C(F)(F)C#CC(F)(F)C(F)(F)C1(F)F. The van der Waals surface area contributed by atoms with Gasteiger partial charge in [0.2, 0.25) is 6.17 Å². The fourth-order valence-corrected chi connectivity index (χ4v) is 1.07. The van der Waals surface area contributed by atoms with Gasteiger partial charge in [0, 0.05) is 0 Å². The van der Waals surface area contributed by atoms with Gasteiger partial charge < -0.3 is 0 Å². The normalized spacial score (nSPS) is 33.5. The first-order valence-corrected chi connectivity index (χ1v) is 4.19. The van der Waals surface area contributed by atoms with E-state index in [2.05, 4.69) is 0 Å². The first kappa shape index (κ1) is 15.8. The Bertz CT molecular complexity index is 437. The Labute approximate surface area is 97.1 Å². The average molecular weight is 306 g/mol. The molecule has 1 aliphatic rings. The van der Waals surface area contributed by atoms with Crippen molar-refractivity contribution in [3.05, 3.63) is 0 Å². The summed E-state index contributed by atoms with van der Waals surface area (Å²) in [7, 11) is 0. The van der Waals surface area contributed by atoms with Crippen molar-refractivity contribution < 1.29 is 48.3 Å². The average Bonchev–Trinajstić information content (AvgIpc) is 2.23. The maximum atomic E-state index is 12.7. The molecular formula is C8HF11. The predicted octanol–water partition coefficient (Wildman–Crippen LogP) is 3.52. The molecule has 110 valence electrons. The van der Waals surface area contributed by atoms with Crippen molar-refractivity contribution in [3.8, 4) is 11.8 Å². The molecule has 0 fully saturated rings. The molecule has 0 N–H and O–H groups in total. The highest BCUT2D eigenvalue weighted by atomic mass is 19.4. The first-order chi connectivity index (χ1) is 8.11. The second-order valence-electron chi connectivity index (χ2n) is 3.58. The van der Waals surface area contributed by atoms with E-state index in [1.807, 2.05) is 0 Å². The highest BCUT2D eigenvalue weighted by Gasteiger charge is 2.82. The van der Waals surface area contributed by atoms with E-state index in [1.165, 1.54) is 0 Å². The second kappa shape index (κ2) is 3.67. The van der Waals surface area contributed by atoms with Gasteiger partial charge in [0.25, 0.3) is 0 Å². The zero-order chi connectivity index (χ0) is 15.5. The lowest BCUT2D eigenvalue weighted by atomic mass is 9.91. The van der Waals surface area contributed by atoms with Gasteiger partial charge in [-0.15, -0.1) is 0 Å². The van der Waals surface area contributed by atoms with Gasteiger partial charge >= 0.3 is 29.6 Å². The molecule has 0 saturated carbocycles. The molecule has 0 radical (unpaired) electrons. The predicted molar refractivity (Wildman–Crippen MR) is 37.4 cm³/mol. The number of alkyl halides is 11. The first-order valence-electron chi connectivity index (χ1n) is 4.19. The van der Waals surface area contributed by atoms with Crippen LogP contribution in [0.2, 0.25) is 0 Å². The number of halogens is 11. The number of hydrogen-bond acceptors (Lipinski definition) is 0. The fraction of sp³-hybridized carbons (Fsp3) is 0.750. The lowest BCUT2D eigenvalue weighted by Crippen LogP contribution is -2.66. The van der Waals surface area contributed by atoms with Crippen LogP contribution in [0.5, 0.6) is 0 Å². The summed E-state index contributed by atoms with van der Waals surface area (Å²) in [5.41, 5.74) is 0. The number of rotatable bonds is 0. The van der Waals surface area contributed by atoms with Gasteiger partial charge in [0.15, 0.2) is 0 Å². The molecule has 0 aromatic rings. The molecule has 0 spiro atoms. The topological polar surface area (TPSA) is 0 Å². The van der Waals surface area contributed by atoms with E-state index in [0.29, 0.717) is 0 Å². The van der Waals surface area contributed by atoms with E-state index < -0.39 is 35.8 Å². The summed E-state index contributed by atoms with van der Waals surface area (Å²) < 4.78 is 139. The van der Waals surface area contributed by atoms with Crippen LogP contribution in [0.1, 0.15) is 0 Å². The fourth-order valence-electron chi connectivity index (χ4n) is 1.07. The van der Waals surface area contributed by atoms with Crippen molar-refractivity contribution in [3.63, 3.8) is 0 Å². The molecule has 0 aromatic carbocycles. The van der Waals surface area contributed by atoms with Crippen molar-refractivity contribution in [2.45, 2.75) is 35.8 Å². The molecule has 11 heteroatoms. The summed E-state index contributed by atoms with van der Waals surface area (Å²) >= 11 is 0. The van der Waals surface area contributed by atoms with Gasteiger partial charge in [-0.1, -0.05) is 0 Å². The smallest absolute Gasteiger partial charge is 0.233 e. The Morgan fingerprint density at radius 1 is 0.579 bits per heavy atom. The molecule has 1 unspecified atom stereocenters. The third kappa shape index (κ3) is 1.83. The third-order valence-corrected chi connectivity index (χ3v) is 2.24. The molecule has 0 aliphatic heterocycles. The van der Waals surface area contributed by atoms with Gasteiger partial charge in [-0.3, -0.25) is 0 Å². The second-order valence-corrected chi connectivity index (χ2v) is 3.58. The monoisotopic (exact) mass is 306 g/mol. The van der Waals surface area contributed by atoms with Crippen LogP contribution in [-0.2, 0) is 0 Å². The lowest BCUT2D eigenvalue weighted by molar-refractivity contribution is -0.347. The van der Waals surface area contributed by atoms with E-state index in [0.717, 1.165) is 0 Å². The zero-order valence-electron chi connectivity index (χ0n) is 8.23. The van der Waals surface area contributed by atoms with E-state index in [9.17, 15) is 48.3 Å². The molecular weight excluding hydrogens is 305 g/mol. The van der Waals surface area contributed by atoms with Crippen LogP contribution < -0.4 is 0 Å². The van der Waals surface area contributed by atoms with Gasteiger partial charge in [-0.05, 0) is 11.8 Å². The molecule has 1 atom stereocenters. The summed E-state index contributed by atoms with van der Waals surface area (Å²) in [4.78, 5) is 0. The van der Waals surface area contributed by atoms with E-state index in [-0.39, 0.29) is 11.8 Å². The van der Waals surface area contributed by atoms with Crippen LogP contribution in [-0.4, -0.2) is 35.8 Å². The van der Waals surface area contributed by atoms with Crippen LogP contribution >= 0.6 is 0 Å². The Morgan fingerprint density at radius 3 is 1.37 bits per heavy atom. The molecule has 0 aromatic heterocycles. The molecule has 0 amide bonds. The molecule has 0 bridgehead atoms. The molecule has 1 rings (SSSR count). The maximum Gasteiger partial charge on any atom is 0.386 e. The van der Waals surface area contributed by atoms with Crippen molar-refractivity contribution >= 4 is 0 Å². The minimum atomic E-state index is -6.75. The van der Waals surface area contributed by atoms with Crippen LogP contribution in [0.15, 0.2) is 0 Å². The minimum absolute atomic E-state index is 0.271. The number of hydrogen-bond donors (Lipinski definition) is 0. The molecule has 0 heterocycles. The van der Waals surface area contributed by atoms with E-state index >= 15 is 0 Å². The summed E-state index contributed by atoms with van der Waals surface area (Å²) in [5, 5.41) is 0. The molecule has 19 heavy (non-hydrogen) atoms. The van der Waals surface area contributed by atoms with Crippen molar-refractivity contribution in [1.82, 2.24) is 0 Å². The third-order valence-electron chi connectivity index (χ3n) is 2.24. The highest BCUT2D eigenvalue weighted by molar-refractivity contribution is 5.28. The molecule has 0 nitrogen and oxygen atoms in total. The van der Waals surface area contributed by atoms with E-state index in [4.69, 9.17) is 0 Å². The van der Waals surface area contributed by atoms with Gasteiger partial charge in [0.1, 0.15) is 0 Å². The Hall–Kier alpha value is -1.21. The van der Waals surface area contributed by atoms with Gasteiger partial charge in [-0.25, -0.2) is 4.39 Å². The molecule has 1 aliphatic carbocycles. The zero-order valence-corrected chi connectivity index (χ0v) is 8.23. The lowest BCUT2D eigenvalue weighted by Gasteiger charge is -2.37. The van der Waals surface area contributed by atoms with Crippen molar-refractivity contribution in [2.24, 2.45) is 0 Å². The van der Waals surface area contributed by atoms with Crippen molar-refractivity contribution in [2.75, 3.05) is 0 Å². The Kier molecular flexibility index (Phi) is 3.06. The van der Waals surface area contributed by atoms with Crippen molar-refractivity contribution in [1.29, 1.82) is 0 Å². The summed E-state index contributed by atoms with van der Waals surface area (Å²) in [6.45, 7) is 0. The van der Waals surface area contributed by atoms with E-state index in [1.54, 1.807) is 0 Å².